The van der Waals surface area contributed by atoms with Gasteiger partial charge in [0.05, 0.1) is 0 Å². The Morgan fingerprint density at radius 3 is 2.33 bits per heavy atom. The lowest BCUT2D eigenvalue weighted by Gasteiger charge is -2.17. The Balaban J connectivity index is 1.88. The molecule has 5 nitrogen and oxygen atoms in total. The van der Waals surface area contributed by atoms with Crippen LogP contribution in [0.15, 0.2) is 59.5 Å². The molecule has 0 radical (unpaired) electrons. The lowest BCUT2D eigenvalue weighted by atomic mass is 10.2. The number of halogens is 3. The van der Waals surface area contributed by atoms with Crippen molar-refractivity contribution in [3.8, 4) is 5.75 Å². The molecule has 0 unspecified atom stereocenters. The molecule has 2 rings (SSSR count). The van der Waals surface area contributed by atoms with Crippen LogP contribution < -0.4 is 9.46 Å². The summed E-state index contributed by atoms with van der Waals surface area (Å²) in [6.45, 7) is 1.44. The average Bonchev–Trinajstić information content (AvgIpc) is 2.58. The van der Waals surface area contributed by atoms with Crippen LogP contribution >= 0.6 is 0 Å². The van der Waals surface area contributed by atoms with E-state index in [1.165, 1.54) is 12.1 Å². The summed E-state index contributed by atoms with van der Waals surface area (Å²) in [5.41, 5.74) is 1.14. The number of nitrogens with zero attached hydrogens (tertiary/aromatic N) is 1. The third-order valence-electron chi connectivity index (χ3n) is 3.67. The molecule has 0 fully saturated rings. The fourth-order valence-corrected chi connectivity index (χ4v) is 3.69. The summed E-state index contributed by atoms with van der Waals surface area (Å²) in [7, 11) is -2.20. The number of alkyl halides is 3. The van der Waals surface area contributed by atoms with Gasteiger partial charge in [0.25, 0.3) is 0 Å². The molecule has 0 atom stereocenters. The zero-order valence-corrected chi connectivity index (χ0v) is 15.6. The highest BCUT2D eigenvalue weighted by Gasteiger charge is 2.33. The van der Waals surface area contributed by atoms with Gasteiger partial charge >= 0.3 is 6.36 Å². The number of hydrogen-bond acceptors (Lipinski definition) is 4. The van der Waals surface area contributed by atoms with Crippen molar-refractivity contribution < 1.29 is 26.3 Å². The maximum absolute atomic E-state index is 12.4. The second kappa shape index (κ2) is 9.20. The molecule has 2 aromatic rings. The number of ether oxygens (including phenoxy) is 1. The predicted molar refractivity (Wildman–Crippen MR) is 95.7 cm³/mol. The minimum absolute atomic E-state index is 0.0990. The molecule has 0 saturated heterocycles. The second-order valence-corrected chi connectivity index (χ2v) is 7.70. The van der Waals surface area contributed by atoms with E-state index in [4.69, 9.17) is 0 Å². The van der Waals surface area contributed by atoms with Gasteiger partial charge in [-0.25, -0.2) is 13.1 Å². The van der Waals surface area contributed by atoms with Crippen molar-refractivity contribution in [3.05, 3.63) is 60.2 Å². The first kappa shape index (κ1) is 21.2. The van der Waals surface area contributed by atoms with E-state index < -0.39 is 27.0 Å². The highest BCUT2D eigenvalue weighted by molar-refractivity contribution is 7.89. The summed E-state index contributed by atoms with van der Waals surface area (Å²) in [5, 5.41) is 0. The van der Waals surface area contributed by atoms with Crippen molar-refractivity contribution in [3.63, 3.8) is 0 Å². The van der Waals surface area contributed by atoms with Gasteiger partial charge in [0.1, 0.15) is 10.6 Å². The SMILES string of the molecule is CN(CCCNS(=O)(=O)c1ccccc1OC(F)(F)F)Cc1ccccc1. The summed E-state index contributed by atoms with van der Waals surface area (Å²) < 4.78 is 68.0. The summed E-state index contributed by atoms with van der Waals surface area (Å²) in [6.07, 6.45) is -4.46. The van der Waals surface area contributed by atoms with Gasteiger partial charge in [-0.3, -0.25) is 0 Å². The Kier molecular flexibility index (Phi) is 7.23. The largest absolute Gasteiger partial charge is 0.573 e. The number of hydrogen-bond donors (Lipinski definition) is 1. The Morgan fingerprint density at radius 1 is 1.04 bits per heavy atom. The quantitative estimate of drug-likeness (QED) is 0.654. The molecule has 27 heavy (non-hydrogen) atoms. The van der Waals surface area contributed by atoms with Gasteiger partial charge in [-0.05, 0) is 37.7 Å². The second-order valence-electron chi connectivity index (χ2n) is 5.97. The van der Waals surface area contributed by atoms with E-state index in [9.17, 15) is 21.6 Å². The van der Waals surface area contributed by atoms with Crippen LogP contribution in [0, 0.1) is 0 Å². The predicted octanol–water partition coefficient (Wildman–Crippen LogP) is 3.39. The molecule has 1 N–H and O–H groups in total. The first-order valence-electron chi connectivity index (χ1n) is 8.24. The molecule has 0 saturated carbocycles. The fraction of sp³-hybridized carbons (Fsp3) is 0.333. The molecule has 0 bridgehead atoms. The van der Waals surface area contributed by atoms with Crippen molar-refractivity contribution in [2.75, 3.05) is 20.1 Å². The van der Waals surface area contributed by atoms with Crippen LogP contribution in [-0.2, 0) is 16.6 Å². The lowest BCUT2D eigenvalue weighted by Crippen LogP contribution is -2.29. The van der Waals surface area contributed by atoms with E-state index in [1.807, 2.05) is 42.3 Å². The van der Waals surface area contributed by atoms with E-state index in [2.05, 4.69) is 9.46 Å². The Morgan fingerprint density at radius 2 is 1.67 bits per heavy atom. The monoisotopic (exact) mass is 402 g/mol. The molecule has 9 heteroatoms. The minimum Gasteiger partial charge on any atom is -0.404 e. The molecule has 0 aliphatic carbocycles. The summed E-state index contributed by atoms with van der Waals surface area (Å²) in [4.78, 5) is 1.49. The van der Waals surface area contributed by atoms with E-state index in [0.29, 0.717) is 13.0 Å². The molecule has 0 amide bonds. The van der Waals surface area contributed by atoms with E-state index >= 15 is 0 Å². The van der Waals surface area contributed by atoms with Gasteiger partial charge < -0.3 is 9.64 Å². The van der Waals surface area contributed by atoms with Gasteiger partial charge in [0, 0.05) is 13.1 Å². The molecule has 148 valence electrons. The molecule has 0 heterocycles. The molecular formula is C18H21F3N2O3S. The van der Waals surface area contributed by atoms with Gasteiger partial charge in [0.2, 0.25) is 10.0 Å². The zero-order valence-electron chi connectivity index (χ0n) is 14.7. The first-order valence-corrected chi connectivity index (χ1v) is 9.72. The summed E-state index contributed by atoms with van der Waals surface area (Å²) in [6, 6.07) is 14.5. The molecule has 2 aromatic carbocycles. The lowest BCUT2D eigenvalue weighted by molar-refractivity contribution is -0.275. The molecule has 0 aliphatic heterocycles. The van der Waals surface area contributed by atoms with Crippen LogP contribution in [-0.4, -0.2) is 39.8 Å². The van der Waals surface area contributed by atoms with Crippen LogP contribution in [0.5, 0.6) is 5.75 Å². The van der Waals surface area contributed by atoms with Gasteiger partial charge in [-0.2, -0.15) is 0 Å². The average molecular weight is 402 g/mol. The van der Waals surface area contributed by atoms with Crippen molar-refractivity contribution in [2.45, 2.75) is 24.2 Å². The van der Waals surface area contributed by atoms with Gasteiger partial charge in [-0.15, -0.1) is 13.2 Å². The van der Waals surface area contributed by atoms with Gasteiger partial charge in [0.15, 0.2) is 0 Å². The maximum Gasteiger partial charge on any atom is 0.573 e. The van der Waals surface area contributed by atoms with Crippen LogP contribution in [0.2, 0.25) is 0 Å². The molecule has 0 spiro atoms. The van der Waals surface area contributed by atoms with E-state index in [0.717, 1.165) is 24.2 Å². The minimum atomic E-state index is -4.97. The van der Waals surface area contributed by atoms with E-state index in [1.54, 1.807) is 0 Å². The number of nitrogens with one attached hydrogen (secondary N) is 1. The molecule has 0 aromatic heterocycles. The topological polar surface area (TPSA) is 58.6 Å². The van der Waals surface area contributed by atoms with Crippen LogP contribution in [0.1, 0.15) is 12.0 Å². The maximum atomic E-state index is 12.4. The number of sulfonamides is 1. The third kappa shape index (κ3) is 7.20. The zero-order chi connectivity index (χ0) is 19.9. The van der Waals surface area contributed by atoms with E-state index in [-0.39, 0.29) is 6.54 Å². The standard InChI is InChI=1S/C18H21F3N2O3S/c1-23(14-15-8-3-2-4-9-15)13-7-12-22-27(24,25)17-11-6-5-10-16(17)26-18(19,20)21/h2-6,8-11,22H,7,12-14H2,1H3. The van der Waals surface area contributed by atoms with Crippen molar-refractivity contribution >= 4 is 10.0 Å². The summed E-state index contributed by atoms with van der Waals surface area (Å²) >= 11 is 0. The number of para-hydroxylation sites is 1. The first-order chi connectivity index (χ1) is 12.7. The highest BCUT2D eigenvalue weighted by Crippen LogP contribution is 2.29. The van der Waals surface area contributed by atoms with Crippen molar-refractivity contribution in [1.82, 2.24) is 9.62 Å². The van der Waals surface area contributed by atoms with Crippen LogP contribution in [0.4, 0.5) is 13.2 Å². The van der Waals surface area contributed by atoms with Crippen LogP contribution in [0.25, 0.3) is 0 Å². The number of rotatable bonds is 9. The summed E-state index contributed by atoms with van der Waals surface area (Å²) in [5.74, 6) is -0.751. The van der Waals surface area contributed by atoms with Crippen molar-refractivity contribution in [2.24, 2.45) is 0 Å². The molecule has 0 aliphatic rings. The van der Waals surface area contributed by atoms with Crippen molar-refractivity contribution in [1.29, 1.82) is 0 Å². The Bertz CT molecular complexity index is 827. The molecular weight excluding hydrogens is 381 g/mol. The fourth-order valence-electron chi connectivity index (χ4n) is 2.49. The van der Waals surface area contributed by atoms with Crippen LogP contribution in [0.3, 0.4) is 0 Å². The Hall–Kier alpha value is -2.10. The third-order valence-corrected chi connectivity index (χ3v) is 5.17. The highest BCUT2D eigenvalue weighted by atomic mass is 32.2. The Labute approximate surface area is 156 Å². The normalized spacial score (nSPS) is 12.3. The van der Waals surface area contributed by atoms with Gasteiger partial charge in [-0.1, -0.05) is 42.5 Å². The smallest absolute Gasteiger partial charge is 0.404 e. The number of benzene rings is 2.